The van der Waals surface area contributed by atoms with Crippen LogP contribution in [0, 0.1) is 0 Å². The number of halogens is 1. The number of nitrogens with zero attached hydrogens (tertiary/aromatic N) is 2. The van der Waals surface area contributed by atoms with E-state index in [1.54, 1.807) is 23.1 Å². The van der Waals surface area contributed by atoms with Gasteiger partial charge in [0.05, 0.1) is 29.2 Å². The molecule has 0 saturated heterocycles. The zero-order valence-corrected chi connectivity index (χ0v) is 9.61. The molecule has 0 unspecified atom stereocenters. The molecule has 0 amide bonds. The maximum absolute atomic E-state index is 5.80. The molecule has 0 spiro atoms. The zero-order valence-electron chi connectivity index (χ0n) is 8.85. The third-order valence-electron chi connectivity index (χ3n) is 2.11. The molecule has 0 fully saturated rings. The summed E-state index contributed by atoms with van der Waals surface area (Å²) in [6.07, 6.45) is 3.31. The van der Waals surface area contributed by atoms with Gasteiger partial charge in [0, 0.05) is 12.3 Å². The summed E-state index contributed by atoms with van der Waals surface area (Å²) < 4.78 is 7.08. The standard InChI is InChI=1S/C11H12ClN3O/c1-2-16-11-5-9(3-4-10(11)13)15-7-8(12)6-14-15/h3-7H,2,13H2,1H3. The van der Waals surface area contributed by atoms with Gasteiger partial charge in [-0.3, -0.25) is 0 Å². The summed E-state index contributed by atoms with van der Waals surface area (Å²) in [5.74, 6) is 0.659. The third kappa shape index (κ3) is 2.12. The second-order valence-corrected chi connectivity index (χ2v) is 3.69. The van der Waals surface area contributed by atoms with E-state index < -0.39 is 0 Å². The van der Waals surface area contributed by atoms with Crippen LogP contribution in [-0.4, -0.2) is 16.4 Å². The minimum atomic E-state index is 0.577. The highest BCUT2D eigenvalue weighted by Gasteiger charge is 2.04. The molecule has 2 rings (SSSR count). The predicted octanol–water partition coefficient (Wildman–Crippen LogP) is 2.51. The lowest BCUT2D eigenvalue weighted by molar-refractivity contribution is 0.342. The van der Waals surface area contributed by atoms with Gasteiger partial charge in [-0.25, -0.2) is 4.68 Å². The molecule has 2 aromatic rings. The Morgan fingerprint density at radius 1 is 1.50 bits per heavy atom. The fourth-order valence-electron chi connectivity index (χ4n) is 1.39. The fraction of sp³-hybridized carbons (Fsp3) is 0.182. The number of anilines is 1. The first-order valence-electron chi connectivity index (χ1n) is 4.93. The van der Waals surface area contributed by atoms with Gasteiger partial charge in [0.25, 0.3) is 0 Å². The normalized spacial score (nSPS) is 10.4. The summed E-state index contributed by atoms with van der Waals surface area (Å²) >= 11 is 5.80. The number of benzene rings is 1. The highest BCUT2D eigenvalue weighted by atomic mass is 35.5. The second kappa shape index (κ2) is 4.45. The minimum Gasteiger partial charge on any atom is -0.492 e. The maximum Gasteiger partial charge on any atom is 0.144 e. The molecule has 84 valence electrons. The summed E-state index contributed by atoms with van der Waals surface area (Å²) in [6, 6.07) is 5.49. The molecule has 0 radical (unpaired) electrons. The van der Waals surface area contributed by atoms with E-state index in [9.17, 15) is 0 Å². The average Bonchev–Trinajstić information content (AvgIpc) is 2.69. The minimum absolute atomic E-state index is 0.577. The molecule has 16 heavy (non-hydrogen) atoms. The number of nitrogens with two attached hydrogens (primary N) is 1. The predicted molar refractivity (Wildman–Crippen MR) is 64.2 cm³/mol. The van der Waals surface area contributed by atoms with E-state index in [1.165, 1.54) is 0 Å². The summed E-state index contributed by atoms with van der Waals surface area (Å²) in [7, 11) is 0. The molecule has 0 aliphatic rings. The number of hydrogen-bond acceptors (Lipinski definition) is 3. The Bertz CT molecular complexity index is 496. The van der Waals surface area contributed by atoms with Crippen LogP contribution in [0.5, 0.6) is 5.75 Å². The Kier molecular flexibility index (Phi) is 3.01. The Morgan fingerprint density at radius 3 is 2.94 bits per heavy atom. The van der Waals surface area contributed by atoms with E-state index in [0.717, 1.165) is 5.69 Å². The van der Waals surface area contributed by atoms with E-state index >= 15 is 0 Å². The van der Waals surface area contributed by atoms with Crippen LogP contribution in [0.2, 0.25) is 5.02 Å². The number of nitrogen functional groups attached to an aromatic ring is 1. The Morgan fingerprint density at radius 2 is 2.31 bits per heavy atom. The van der Waals surface area contributed by atoms with E-state index in [4.69, 9.17) is 22.1 Å². The summed E-state index contributed by atoms with van der Waals surface area (Å²) in [4.78, 5) is 0. The molecule has 1 aromatic carbocycles. The van der Waals surface area contributed by atoms with Crippen LogP contribution in [0.15, 0.2) is 30.6 Å². The average molecular weight is 238 g/mol. The Labute approximate surface area is 98.6 Å². The lowest BCUT2D eigenvalue weighted by atomic mass is 10.2. The third-order valence-corrected chi connectivity index (χ3v) is 2.31. The van der Waals surface area contributed by atoms with Gasteiger partial charge in [-0.2, -0.15) is 5.10 Å². The summed E-state index contributed by atoms with van der Waals surface area (Å²) in [5, 5.41) is 4.70. The van der Waals surface area contributed by atoms with E-state index in [2.05, 4.69) is 5.10 Å². The van der Waals surface area contributed by atoms with E-state index in [0.29, 0.717) is 23.1 Å². The van der Waals surface area contributed by atoms with Crippen molar-refractivity contribution in [2.75, 3.05) is 12.3 Å². The van der Waals surface area contributed by atoms with Crippen LogP contribution < -0.4 is 10.5 Å². The highest BCUT2D eigenvalue weighted by molar-refractivity contribution is 6.30. The Hall–Kier alpha value is -1.68. The molecular formula is C11H12ClN3O. The van der Waals surface area contributed by atoms with Crippen molar-refractivity contribution in [3.05, 3.63) is 35.6 Å². The van der Waals surface area contributed by atoms with Crippen molar-refractivity contribution in [1.82, 2.24) is 9.78 Å². The fourth-order valence-corrected chi connectivity index (χ4v) is 1.52. The monoisotopic (exact) mass is 237 g/mol. The number of hydrogen-bond donors (Lipinski definition) is 1. The van der Waals surface area contributed by atoms with Crippen LogP contribution in [-0.2, 0) is 0 Å². The molecule has 0 aliphatic carbocycles. The van der Waals surface area contributed by atoms with Crippen molar-refractivity contribution in [1.29, 1.82) is 0 Å². The molecule has 0 saturated carbocycles. The summed E-state index contributed by atoms with van der Waals surface area (Å²) in [6.45, 7) is 2.49. The smallest absolute Gasteiger partial charge is 0.144 e. The van der Waals surface area contributed by atoms with Crippen molar-refractivity contribution >= 4 is 17.3 Å². The molecule has 0 aliphatic heterocycles. The molecule has 2 N–H and O–H groups in total. The first-order valence-corrected chi connectivity index (χ1v) is 5.31. The molecular weight excluding hydrogens is 226 g/mol. The summed E-state index contributed by atoms with van der Waals surface area (Å²) in [5.41, 5.74) is 7.26. The quantitative estimate of drug-likeness (QED) is 0.835. The van der Waals surface area contributed by atoms with Crippen molar-refractivity contribution in [2.24, 2.45) is 0 Å². The van der Waals surface area contributed by atoms with Gasteiger partial charge in [-0.1, -0.05) is 11.6 Å². The lowest BCUT2D eigenvalue weighted by Gasteiger charge is -2.08. The van der Waals surface area contributed by atoms with Crippen molar-refractivity contribution in [2.45, 2.75) is 6.92 Å². The first kappa shape index (κ1) is 10.8. The van der Waals surface area contributed by atoms with Gasteiger partial charge in [0.1, 0.15) is 5.75 Å². The van der Waals surface area contributed by atoms with Crippen LogP contribution in [0.25, 0.3) is 5.69 Å². The molecule has 5 heteroatoms. The van der Waals surface area contributed by atoms with Crippen molar-refractivity contribution < 1.29 is 4.74 Å². The SMILES string of the molecule is CCOc1cc(-n2cc(Cl)cn2)ccc1N. The Balaban J connectivity index is 2.39. The van der Waals surface area contributed by atoms with Gasteiger partial charge in [-0.05, 0) is 19.1 Å². The van der Waals surface area contributed by atoms with Gasteiger partial charge in [0.2, 0.25) is 0 Å². The first-order chi connectivity index (χ1) is 7.70. The lowest BCUT2D eigenvalue weighted by Crippen LogP contribution is -2.00. The molecule has 0 atom stereocenters. The second-order valence-electron chi connectivity index (χ2n) is 3.26. The van der Waals surface area contributed by atoms with E-state index in [1.807, 2.05) is 19.1 Å². The molecule has 4 nitrogen and oxygen atoms in total. The van der Waals surface area contributed by atoms with Crippen LogP contribution in [0.3, 0.4) is 0 Å². The molecule has 1 aromatic heterocycles. The number of ether oxygens (including phenoxy) is 1. The largest absolute Gasteiger partial charge is 0.492 e. The van der Waals surface area contributed by atoms with Gasteiger partial charge in [0.15, 0.2) is 0 Å². The van der Waals surface area contributed by atoms with Crippen molar-refractivity contribution in [3.8, 4) is 11.4 Å². The zero-order chi connectivity index (χ0) is 11.5. The topological polar surface area (TPSA) is 53.1 Å². The van der Waals surface area contributed by atoms with Gasteiger partial charge >= 0.3 is 0 Å². The molecule has 1 heterocycles. The van der Waals surface area contributed by atoms with Crippen LogP contribution in [0.4, 0.5) is 5.69 Å². The number of rotatable bonds is 3. The van der Waals surface area contributed by atoms with E-state index in [-0.39, 0.29) is 0 Å². The van der Waals surface area contributed by atoms with Crippen molar-refractivity contribution in [3.63, 3.8) is 0 Å². The van der Waals surface area contributed by atoms with Gasteiger partial charge in [-0.15, -0.1) is 0 Å². The highest BCUT2D eigenvalue weighted by Crippen LogP contribution is 2.24. The maximum atomic E-state index is 5.80. The van der Waals surface area contributed by atoms with Gasteiger partial charge < -0.3 is 10.5 Å². The van der Waals surface area contributed by atoms with Crippen LogP contribution in [0.1, 0.15) is 6.92 Å². The molecule has 0 bridgehead atoms. The number of aromatic nitrogens is 2. The van der Waals surface area contributed by atoms with Crippen LogP contribution >= 0.6 is 11.6 Å².